The van der Waals surface area contributed by atoms with E-state index in [1.165, 1.54) is 0 Å². The van der Waals surface area contributed by atoms with E-state index in [9.17, 15) is 13.7 Å². The minimum atomic E-state index is -0.913. The molecule has 62 heavy (non-hydrogen) atoms. The van der Waals surface area contributed by atoms with E-state index in [1.54, 1.807) is 30.3 Å². The van der Waals surface area contributed by atoms with Crippen molar-refractivity contribution < 1.29 is 32.9 Å². The first kappa shape index (κ1) is 18.9. The fourth-order valence-corrected chi connectivity index (χ4v) is 7.60. The van der Waals surface area contributed by atoms with Crippen molar-refractivity contribution in [2.45, 2.75) is 0 Å². The Labute approximate surface area is 392 Å². The summed E-state index contributed by atoms with van der Waals surface area (Å²) in [6.07, 6.45) is 0. The molecule has 3 aromatic heterocycles. The van der Waals surface area contributed by atoms with E-state index < -0.39 is 212 Å². The molecule has 0 saturated carbocycles. The smallest absolute Gasteiger partial charge is 0.240 e. The molecule has 0 radical (unpaired) electrons. The lowest BCUT2D eigenvalue weighted by molar-refractivity contribution is 0.893. The number of fused-ring (bicyclic) bond motifs is 6. The maximum absolute atomic E-state index is 10.1. The number of nitrogens with zero attached hydrogens (tertiary/aromatic N) is 5. The van der Waals surface area contributed by atoms with Crippen molar-refractivity contribution in [3.8, 4) is 67.8 Å². The predicted octanol–water partition coefficient (Wildman–Crippen LogP) is 14.4. The zero-order chi connectivity index (χ0) is 61.9. The summed E-state index contributed by atoms with van der Waals surface area (Å²) in [5, 5.41) is -1.83. The van der Waals surface area contributed by atoms with E-state index in [0.29, 0.717) is 16.7 Å². The summed E-state index contributed by atoms with van der Waals surface area (Å²) in [6.45, 7) is 0. The lowest BCUT2D eigenvalue weighted by Gasteiger charge is -2.16. The molecule has 0 bridgehead atoms. The van der Waals surface area contributed by atoms with Gasteiger partial charge in [-0.05, 0) is 68.7 Å². The molecule has 0 aliphatic heterocycles. The van der Waals surface area contributed by atoms with Crippen molar-refractivity contribution in [2.24, 2.45) is 0 Å². The molecular formula is C57H37N5. The van der Waals surface area contributed by atoms with Crippen LogP contribution in [0.1, 0.15) is 32.9 Å². The topological polar surface area (TPSA) is 48.5 Å². The monoisotopic (exact) mass is 815 g/mol. The second-order valence-electron chi connectivity index (χ2n) is 13.8. The molecule has 0 unspecified atom stereocenters. The van der Waals surface area contributed by atoms with E-state index >= 15 is 0 Å². The molecule has 0 fully saturated rings. The highest BCUT2D eigenvalue weighted by molar-refractivity contribution is 6.11. The van der Waals surface area contributed by atoms with Gasteiger partial charge in [-0.1, -0.05) is 200 Å². The van der Waals surface area contributed by atoms with Crippen molar-refractivity contribution in [1.29, 1.82) is 0 Å². The lowest BCUT2D eigenvalue weighted by Crippen LogP contribution is -2.10. The quantitative estimate of drug-likeness (QED) is 0.161. The van der Waals surface area contributed by atoms with Crippen molar-refractivity contribution in [3.63, 3.8) is 0 Å². The van der Waals surface area contributed by atoms with Crippen LogP contribution in [0.3, 0.4) is 0 Å². The van der Waals surface area contributed by atoms with Crippen LogP contribution in [0.5, 0.6) is 0 Å². The molecule has 290 valence electrons. The van der Waals surface area contributed by atoms with Crippen LogP contribution in [-0.4, -0.2) is 24.1 Å². The summed E-state index contributed by atoms with van der Waals surface area (Å²) in [5.41, 5.74) is -2.30. The van der Waals surface area contributed by atoms with Crippen LogP contribution in [0.15, 0.2) is 224 Å². The Bertz CT molecular complexity index is 4780. The summed E-state index contributed by atoms with van der Waals surface area (Å²) in [7, 11) is 0. The molecule has 0 amide bonds. The molecule has 0 spiro atoms. The number of para-hydroxylation sites is 2. The first-order chi connectivity index (χ1) is 40.8. The highest BCUT2D eigenvalue weighted by atomic mass is 15.3. The number of hydrogen-bond acceptors (Lipinski definition) is 3. The van der Waals surface area contributed by atoms with Crippen LogP contribution in [0, 0.1) is 0 Å². The Morgan fingerprint density at radius 1 is 0.306 bits per heavy atom. The van der Waals surface area contributed by atoms with Crippen LogP contribution in [-0.2, 0) is 0 Å². The Balaban J connectivity index is 1.36. The average Bonchev–Trinajstić information content (AvgIpc) is 1.58. The highest BCUT2D eigenvalue weighted by Crippen LogP contribution is 2.40. The maximum atomic E-state index is 10.1. The third kappa shape index (κ3) is 5.90. The van der Waals surface area contributed by atoms with E-state index in [2.05, 4.69) is 0 Å². The van der Waals surface area contributed by atoms with Crippen LogP contribution in [0.25, 0.3) is 111 Å². The molecule has 12 rings (SSSR count). The highest BCUT2D eigenvalue weighted by Gasteiger charge is 2.23. The molecule has 5 heteroatoms. The summed E-state index contributed by atoms with van der Waals surface area (Å²) >= 11 is 0. The molecule has 5 nitrogen and oxygen atoms in total. The number of benzene rings is 9. The molecule has 0 atom stereocenters. The van der Waals surface area contributed by atoms with E-state index in [1.807, 2.05) is 48.5 Å². The van der Waals surface area contributed by atoms with Gasteiger partial charge in [0.15, 0.2) is 5.82 Å². The normalized spacial score (nSPS) is 17.0. The first-order valence-corrected chi connectivity index (χ1v) is 19.0. The van der Waals surface area contributed by atoms with Gasteiger partial charge < -0.3 is 0 Å². The van der Waals surface area contributed by atoms with Gasteiger partial charge in [-0.2, -0.15) is 15.0 Å². The van der Waals surface area contributed by atoms with Crippen LogP contribution < -0.4 is 0 Å². The van der Waals surface area contributed by atoms with E-state index in [0.717, 1.165) is 14.7 Å². The van der Waals surface area contributed by atoms with Gasteiger partial charge in [0.25, 0.3) is 0 Å². The zero-order valence-corrected chi connectivity index (χ0v) is 31.7. The van der Waals surface area contributed by atoms with Gasteiger partial charge in [-0.3, -0.25) is 9.13 Å². The summed E-state index contributed by atoms with van der Waals surface area (Å²) in [4.78, 5) is 14.9. The summed E-state index contributed by atoms with van der Waals surface area (Å²) in [6, 6.07) is 3.07. The van der Waals surface area contributed by atoms with Gasteiger partial charge in [-0.25, -0.2) is 0 Å². The minimum absolute atomic E-state index is 0.187. The van der Waals surface area contributed by atoms with Crippen molar-refractivity contribution in [2.75, 3.05) is 0 Å². The van der Waals surface area contributed by atoms with Gasteiger partial charge >= 0.3 is 0 Å². The Hall–Kier alpha value is -8.41. The van der Waals surface area contributed by atoms with Crippen molar-refractivity contribution in [3.05, 3.63) is 224 Å². The second-order valence-corrected chi connectivity index (χ2v) is 13.8. The van der Waals surface area contributed by atoms with E-state index in [-0.39, 0.29) is 22.2 Å². The van der Waals surface area contributed by atoms with Gasteiger partial charge in [0.1, 0.15) is 0 Å². The van der Waals surface area contributed by atoms with Crippen LogP contribution in [0.2, 0.25) is 0 Å². The number of aromatic nitrogens is 5. The molecule has 12 aromatic rings. The van der Waals surface area contributed by atoms with Gasteiger partial charge in [0, 0.05) is 27.1 Å². The first-order valence-electron chi connectivity index (χ1n) is 31.0. The predicted molar refractivity (Wildman–Crippen MR) is 256 cm³/mol. The SMILES string of the molecule is [2H]c1c([2H])c([2H])c(-c2c([2H])c([2H])c3c4c([2H])c([2H])c(-c5c([2H])c([2H])c([2H])c([2H])c5[2H])c([2H])c4n(-c4nc(-c5ccccc5-c5ccccc5-c5ccccc5)nc(-n5c6c([2H])c([2H])c([2H])c([2H])c6c6c([2H])c([2H])c([2H])c([2H])c65)n4)c3c2[2H])c([2H])c1[2H]. The third-order valence-electron chi connectivity index (χ3n) is 10.3. The standard InChI is InChI=1S/C57H37N5/c1-4-18-38(19-5-1)41-32-34-48-49-35-33-42(39-20-6-2-7-21-39)37-54(49)62(53(48)36-41)57-59-55(58-56(60-57)61-51-30-16-14-27-46(51)47-28-15-17-31-52(47)61)50-29-13-12-26-45(50)44-25-11-10-24-43(44)40-22-8-3-9-23-40/h1-37H/i1D,2D,4D,5D,6D,7D,14D,15D,16D,17D,18D,19D,20D,21D,27D,28D,30D,31D,32D,33D,34D,35D,36D,37D. The van der Waals surface area contributed by atoms with Gasteiger partial charge in [0.05, 0.1) is 55.0 Å². The second kappa shape index (κ2) is 14.7. The maximum Gasteiger partial charge on any atom is 0.240 e. The Morgan fingerprint density at radius 2 is 0.726 bits per heavy atom. The fraction of sp³-hybridized carbons (Fsp3) is 0. The number of rotatable bonds is 7. The zero-order valence-electron chi connectivity index (χ0n) is 55.7. The third-order valence-corrected chi connectivity index (χ3v) is 10.3. The molecule has 9 aromatic carbocycles. The average molecular weight is 816 g/mol. The van der Waals surface area contributed by atoms with Crippen LogP contribution >= 0.6 is 0 Å². The summed E-state index contributed by atoms with van der Waals surface area (Å²) in [5.74, 6) is -1.69. The van der Waals surface area contributed by atoms with Gasteiger partial charge in [-0.15, -0.1) is 0 Å². The largest absolute Gasteiger partial charge is 0.278 e. The molecule has 0 aliphatic carbocycles. The number of hydrogen-bond donors (Lipinski definition) is 0. The lowest BCUT2D eigenvalue weighted by atomic mass is 9.91. The Morgan fingerprint density at radius 3 is 1.27 bits per heavy atom. The summed E-state index contributed by atoms with van der Waals surface area (Å²) < 4.78 is 220. The molecule has 3 heterocycles. The molecule has 0 aliphatic rings. The molecule has 0 N–H and O–H groups in total. The van der Waals surface area contributed by atoms with E-state index in [4.69, 9.17) is 34.1 Å². The van der Waals surface area contributed by atoms with Crippen LogP contribution in [0.4, 0.5) is 0 Å². The van der Waals surface area contributed by atoms with Crippen molar-refractivity contribution in [1.82, 2.24) is 24.1 Å². The van der Waals surface area contributed by atoms with Crippen molar-refractivity contribution >= 4 is 43.6 Å². The molecule has 0 saturated heterocycles. The Kier molecular flexibility index (Phi) is 4.48. The fourth-order valence-electron chi connectivity index (χ4n) is 7.60. The van der Waals surface area contributed by atoms with Gasteiger partial charge in [0.2, 0.25) is 11.9 Å². The molecular weight excluding hydrogens is 755 g/mol. The minimum Gasteiger partial charge on any atom is -0.278 e.